The lowest BCUT2D eigenvalue weighted by Gasteiger charge is -2.03. The Bertz CT molecular complexity index is 797. The van der Waals surface area contributed by atoms with Crippen molar-refractivity contribution < 1.29 is 23.4 Å². The first-order valence-electron chi connectivity index (χ1n) is 6.42. The van der Waals surface area contributed by atoms with Crippen LogP contribution in [-0.4, -0.2) is 15.2 Å². The van der Waals surface area contributed by atoms with Gasteiger partial charge in [0, 0.05) is 17.2 Å². The average molecular weight is 303 g/mol. The molecule has 0 fully saturated rings. The molecule has 0 spiro atoms. The van der Waals surface area contributed by atoms with Gasteiger partial charge in [-0.1, -0.05) is 12.1 Å². The van der Waals surface area contributed by atoms with E-state index in [0.717, 1.165) is 12.1 Å². The Kier molecular flexibility index (Phi) is 3.70. The summed E-state index contributed by atoms with van der Waals surface area (Å²) < 4.78 is 32.1. The zero-order valence-electron chi connectivity index (χ0n) is 11.2. The van der Waals surface area contributed by atoms with Crippen LogP contribution in [-0.2, 0) is 0 Å². The third kappa shape index (κ3) is 2.74. The van der Waals surface area contributed by atoms with Crippen molar-refractivity contribution >= 4 is 0 Å². The van der Waals surface area contributed by atoms with Gasteiger partial charge >= 0.3 is 0 Å². The summed E-state index contributed by atoms with van der Waals surface area (Å²) in [6.45, 7) is 0. The highest BCUT2D eigenvalue weighted by Gasteiger charge is 2.13. The number of benzene rings is 2. The molecule has 0 amide bonds. The first-order chi connectivity index (χ1) is 10.5. The van der Waals surface area contributed by atoms with Gasteiger partial charge in [-0.3, -0.25) is 0 Å². The molecule has 6 heteroatoms. The molecule has 0 bridgehead atoms. The lowest BCUT2D eigenvalue weighted by atomic mass is 10.1. The highest BCUT2D eigenvalue weighted by atomic mass is 19.1. The van der Waals surface area contributed by atoms with Gasteiger partial charge in [0.05, 0.1) is 11.8 Å². The minimum Gasteiger partial charge on any atom is -0.436 e. The molecule has 0 saturated carbocycles. The molecular weight excluding hydrogens is 292 g/mol. The summed E-state index contributed by atoms with van der Waals surface area (Å²) in [4.78, 5) is 4.05. The van der Waals surface area contributed by atoms with Crippen LogP contribution in [0.3, 0.4) is 0 Å². The van der Waals surface area contributed by atoms with Crippen LogP contribution in [0.2, 0.25) is 0 Å². The number of nitrogens with zero attached hydrogens (tertiary/aromatic N) is 1. The minimum absolute atomic E-state index is 0.113. The van der Waals surface area contributed by atoms with Gasteiger partial charge in [0.2, 0.25) is 5.89 Å². The molecule has 3 aromatic rings. The van der Waals surface area contributed by atoms with Crippen LogP contribution >= 0.6 is 0 Å². The summed E-state index contributed by atoms with van der Waals surface area (Å²) in [5.41, 5.74) is 1.04. The second kappa shape index (κ2) is 5.67. The maximum Gasteiger partial charge on any atom is 0.226 e. The van der Waals surface area contributed by atoms with Crippen molar-refractivity contribution in [3.05, 3.63) is 65.9 Å². The summed E-state index contributed by atoms with van der Waals surface area (Å²) in [5.74, 6) is -0.975. The second-order valence-electron chi connectivity index (χ2n) is 4.65. The predicted molar refractivity (Wildman–Crippen MR) is 74.5 cm³/mol. The maximum atomic E-state index is 13.7. The van der Waals surface area contributed by atoms with E-state index >= 15 is 0 Å². The summed E-state index contributed by atoms with van der Waals surface area (Å²) in [6, 6.07) is 9.43. The van der Waals surface area contributed by atoms with Crippen LogP contribution in [0.5, 0.6) is 0 Å². The molecule has 0 aliphatic heterocycles. The van der Waals surface area contributed by atoms with Crippen LogP contribution in [0.4, 0.5) is 8.78 Å². The zero-order valence-corrected chi connectivity index (χ0v) is 11.2. The van der Waals surface area contributed by atoms with E-state index in [0.29, 0.717) is 11.1 Å². The fourth-order valence-electron chi connectivity index (χ4n) is 2.02. The second-order valence-corrected chi connectivity index (χ2v) is 4.65. The molecule has 0 saturated heterocycles. The van der Waals surface area contributed by atoms with E-state index in [4.69, 9.17) is 14.6 Å². The van der Waals surface area contributed by atoms with Crippen LogP contribution in [0, 0.1) is 11.6 Å². The number of hydrogen-bond donors (Lipinski definition) is 2. The monoisotopic (exact) mass is 303 g/mol. The quantitative estimate of drug-likeness (QED) is 0.729. The highest BCUT2D eigenvalue weighted by Crippen LogP contribution is 2.28. The molecule has 112 valence electrons. The molecule has 0 radical (unpaired) electrons. The third-order valence-electron chi connectivity index (χ3n) is 3.16. The maximum absolute atomic E-state index is 13.7. The Morgan fingerprint density at radius 2 is 1.73 bits per heavy atom. The van der Waals surface area contributed by atoms with Crippen molar-refractivity contribution in [3.8, 4) is 22.8 Å². The van der Waals surface area contributed by atoms with Crippen LogP contribution in [0.15, 0.2) is 53.1 Å². The molecule has 0 unspecified atom stereocenters. The summed E-state index contributed by atoms with van der Waals surface area (Å²) >= 11 is 0. The fraction of sp³-hybridized carbons (Fsp3) is 0.0625. The Balaban J connectivity index is 1.93. The van der Waals surface area contributed by atoms with E-state index in [1.54, 1.807) is 12.1 Å². The molecule has 4 nitrogen and oxygen atoms in total. The average Bonchev–Trinajstić information content (AvgIpc) is 2.97. The minimum atomic E-state index is -1.55. The smallest absolute Gasteiger partial charge is 0.226 e. The van der Waals surface area contributed by atoms with E-state index in [1.807, 2.05) is 0 Å². The summed E-state index contributed by atoms with van der Waals surface area (Å²) in [5, 5.41) is 18.1. The first-order valence-corrected chi connectivity index (χ1v) is 6.42. The van der Waals surface area contributed by atoms with Crippen LogP contribution < -0.4 is 0 Å². The number of halogens is 2. The molecule has 2 aromatic carbocycles. The number of aromatic nitrogens is 1. The molecule has 0 aliphatic rings. The lowest BCUT2D eigenvalue weighted by Crippen LogP contribution is -1.93. The van der Waals surface area contributed by atoms with Crippen molar-refractivity contribution in [1.29, 1.82) is 0 Å². The van der Waals surface area contributed by atoms with Gasteiger partial charge in [-0.25, -0.2) is 13.8 Å². The van der Waals surface area contributed by atoms with Gasteiger partial charge < -0.3 is 14.6 Å². The lowest BCUT2D eigenvalue weighted by molar-refractivity contribution is -0.0424. The molecule has 22 heavy (non-hydrogen) atoms. The Hall–Kier alpha value is -2.57. The SMILES string of the molecule is OC(O)c1ccc(-c2ncc(-c3ccc(F)cc3F)o2)cc1. The van der Waals surface area contributed by atoms with E-state index in [1.165, 1.54) is 24.4 Å². The Labute approximate surface area is 124 Å². The number of rotatable bonds is 3. The van der Waals surface area contributed by atoms with Gasteiger partial charge in [-0.05, 0) is 24.3 Å². The van der Waals surface area contributed by atoms with Crippen molar-refractivity contribution in [2.45, 2.75) is 6.29 Å². The number of aliphatic hydroxyl groups is 2. The van der Waals surface area contributed by atoms with E-state index in [9.17, 15) is 8.78 Å². The summed E-state index contributed by atoms with van der Waals surface area (Å²) in [7, 11) is 0. The van der Waals surface area contributed by atoms with E-state index < -0.39 is 17.9 Å². The fourth-order valence-corrected chi connectivity index (χ4v) is 2.02. The van der Waals surface area contributed by atoms with Gasteiger partial charge in [0.25, 0.3) is 0 Å². The summed E-state index contributed by atoms with van der Waals surface area (Å²) in [6.07, 6.45) is -0.206. The number of hydrogen-bond acceptors (Lipinski definition) is 4. The number of oxazole rings is 1. The van der Waals surface area contributed by atoms with Gasteiger partial charge in [-0.2, -0.15) is 0 Å². The Morgan fingerprint density at radius 1 is 1.00 bits per heavy atom. The highest BCUT2D eigenvalue weighted by molar-refractivity contribution is 5.61. The predicted octanol–water partition coefficient (Wildman–Crippen LogP) is 3.27. The molecule has 1 heterocycles. The van der Waals surface area contributed by atoms with Gasteiger partial charge in [0.15, 0.2) is 12.1 Å². The van der Waals surface area contributed by atoms with E-state index in [-0.39, 0.29) is 17.2 Å². The zero-order chi connectivity index (χ0) is 15.7. The molecule has 0 atom stereocenters. The molecule has 3 rings (SSSR count). The van der Waals surface area contributed by atoms with E-state index in [2.05, 4.69) is 4.98 Å². The molecular formula is C16H11F2NO3. The van der Waals surface area contributed by atoms with Crippen LogP contribution in [0.1, 0.15) is 11.9 Å². The Morgan fingerprint density at radius 3 is 2.36 bits per heavy atom. The van der Waals surface area contributed by atoms with Crippen molar-refractivity contribution in [2.24, 2.45) is 0 Å². The third-order valence-corrected chi connectivity index (χ3v) is 3.16. The topological polar surface area (TPSA) is 66.5 Å². The molecule has 2 N–H and O–H groups in total. The first kappa shape index (κ1) is 14.4. The van der Waals surface area contributed by atoms with Gasteiger partial charge in [-0.15, -0.1) is 0 Å². The molecule has 0 aliphatic carbocycles. The standard InChI is InChI=1S/C16H11F2NO3/c17-11-5-6-12(13(18)7-11)14-8-19-15(22-14)9-1-3-10(4-2-9)16(20)21/h1-8,16,20-21H. The van der Waals surface area contributed by atoms with Crippen molar-refractivity contribution in [2.75, 3.05) is 0 Å². The normalized spacial score (nSPS) is 11.1. The van der Waals surface area contributed by atoms with Crippen molar-refractivity contribution in [3.63, 3.8) is 0 Å². The largest absolute Gasteiger partial charge is 0.436 e. The number of aliphatic hydroxyl groups excluding tert-OH is 1. The molecule has 1 aromatic heterocycles. The van der Waals surface area contributed by atoms with Gasteiger partial charge in [0.1, 0.15) is 11.6 Å². The van der Waals surface area contributed by atoms with Crippen LogP contribution in [0.25, 0.3) is 22.8 Å². The van der Waals surface area contributed by atoms with Crippen molar-refractivity contribution in [1.82, 2.24) is 4.98 Å².